The normalized spacial score (nSPS) is 10.3. The van der Waals surface area contributed by atoms with Crippen molar-refractivity contribution in [1.82, 2.24) is 14.8 Å². The molecule has 0 atom stereocenters. The molecule has 2 rings (SSSR count). The Hall–Kier alpha value is -1.89. The summed E-state index contributed by atoms with van der Waals surface area (Å²) in [6.45, 7) is 0. The maximum Gasteiger partial charge on any atom is 0.347 e. The molecule has 16 heavy (non-hydrogen) atoms. The van der Waals surface area contributed by atoms with Gasteiger partial charge in [0.15, 0.2) is 0 Å². The first kappa shape index (κ1) is 10.6. The van der Waals surface area contributed by atoms with Crippen LogP contribution in [0.25, 0.3) is 5.69 Å². The van der Waals surface area contributed by atoms with Crippen molar-refractivity contribution in [3.63, 3.8) is 0 Å². The summed E-state index contributed by atoms with van der Waals surface area (Å²) in [5.74, 6) is -1.11. The van der Waals surface area contributed by atoms with Crippen LogP contribution in [0, 0.1) is 0 Å². The lowest BCUT2D eigenvalue weighted by Gasteiger charge is -2.07. The van der Waals surface area contributed by atoms with Crippen molar-refractivity contribution in [2.45, 2.75) is 0 Å². The first-order valence-electron chi connectivity index (χ1n) is 4.25. The fraction of sp³-hybridized carbons (Fsp3) is 0. The zero-order valence-corrected chi connectivity index (χ0v) is 9.43. The molecular formula is C9H6BrN3O3. The van der Waals surface area contributed by atoms with E-state index in [9.17, 15) is 9.59 Å². The predicted octanol–water partition coefficient (Wildman–Crippen LogP) is 1.02. The molecule has 0 radical (unpaired) electrons. The number of carboxylic acids is 1. The molecule has 82 valence electrons. The van der Waals surface area contributed by atoms with Crippen molar-refractivity contribution in [3.8, 4) is 5.69 Å². The highest BCUT2D eigenvalue weighted by Gasteiger charge is 2.15. The second-order valence-corrected chi connectivity index (χ2v) is 3.83. The minimum absolute atomic E-state index is 0.0258. The molecule has 0 unspecified atom stereocenters. The number of carbonyl (C=O) groups is 1. The van der Waals surface area contributed by atoms with E-state index in [4.69, 9.17) is 5.11 Å². The van der Waals surface area contributed by atoms with Gasteiger partial charge >= 0.3 is 11.7 Å². The molecule has 0 aliphatic carbocycles. The number of nitrogens with zero attached hydrogens (tertiary/aromatic N) is 2. The SMILES string of the molecule is O=C(O)c1cccc(Br)c1-n1cn[nH]c1=O. The Bertz CT molecular complexity index is 602. The monoisotopic (exact) mass is 283 g/mol. The fourth-order valence-corrected chi connectivity index (χ4v) is 1.90. The van der Waals surface area contributed by atoms with Gasteiger partial charge in [-0.3, -0.25) is 0 Å². The van der Waals surface area contributed by atoms with Crippen LogP contribution in [0.3, 0.4) is 0 Å². The number of rotatable bonds is 2. The van der Waals surface area contributed by atoms with Crippen LogP contribution in [0.4, 0.5) is 0 Å². The van der Waals surface area contributed by atoms with E-state index in [1.165, 1.54) is 12.4 Å². The summed E-state index contributed by atoms with van der Waals surface area (Å²) in [5.41, 5.74) is -0.207. The average molecular weight is 284 g/mol. The van der Waals surface area contributed by atoms with Crippen LogP contribution >= 0.6 is 15.9 Å². The highest BCUT2D eigenvalue weighted by molar-refractivity contribution is 9.10. The molecule has 1 heterocycles. The molecule has 0 bridgehead atoms. The molecule has 0 aliphatic rings. The Morgan fingerprint density at radius 3 is 2.81 bits per heavy atom. The molecule has 1 aromatic carbocycles. The van der Waals surface area contributed by atoms with Crippen LogP contribution in [0.5, 0.6) is 0 Å². The number of benzene rings is 1. The number of halogens is 1. The third-order valence-electron chi connectivity index (χ3n) is 2.01. The van der Waals surface area contributed by atoms with Gasteiger partial charge in [-0.25, -0.2) is 19.3 Å². The third kappa shape index (κ3) is 1.65. The molecule has 0 aliphatic heterocycles. The van der Waals surface area contributed by atoms with E-state index in [1.54, 1.807) is 12.1 Å². The molecular weight excluding hydrogens is 278 g/mol. The van der Waals surface area contributed by atoms with Crippen molar-refractivity contribution in [2.24, 2.45) is 0 Å². The summed E-state index contributed by atoms with van der Waals surface area (Å²) >= 11 is 3.21. The Kier molecular flexibility index (Phi) is 2.61. The maximum atomic E-state index is 11.4. The number of hydrogen-bond acceptors (Lipinski definition) is 3. The summed E-state index contributed by atoms with van der Waals surface area (Å²) in [6, 6.07) is 4.66. The lowest BCUT2D eigenvalue weighted by molar-refractivity contribution is 0.0697. The molecule has 2 N–H and O–H groups in total. The summed E-state index contributed by atoms with van der Waals surface area (Å²) < 4.78 is 1.64. The molecule has 1 aromatic heterocycles. The maximum absolute atomic E-state index is 11.4. The van der Waals surface area contributed by atoms with Gasteiger partial charge in [-0.2, -0.15) is 5.10 Å². The molecule has 0 spiro atoms. The molecule has 0 amide bonds. The van der Waals surface area contributed by atoms with Crippen molar-refractivity contribution in [2.75, 3.05) is 0 Å². The minimum Gasteiger partial charge on any atom is -0.478 e. The number of aromatic nitrogens is 3. The first-order chi connectivity index (χ1) is 7.61. The van der Waals surface area contributed by atoms with Gasteiger partial charge in [-0.05, 0) is 28.1 Å². The summed E-state index contributed by atoms with van der Waals surface area (Å²) in [7, 11) is 0. The van der Waals surface area contributed by atoms with Gasteiger partial charge in [0.05, 0.1) is 11.3 Å². The summed E-state index contributed by atoms with van der Waals surface area (Å²) in [4.78, 5) is 22.4. The van der Waals surface area contributed by atoms with Crippen LogP contribution < -0.4 is 5.69 Å². The number of nitrogens with one attached hydrogen (secondary N) is 1. The topological polar surface area (TPSA) is 88.0 Å². The van der Waals surface area contributed by atoms with Gasteiger partial charge in [0.2, 0.25) is 0 Å². The number of H-pyrrole nitrogens is 1. The summed E-state index contributed by atoms with van der Waals surface area (Å²) in [5, 5.41) is 14.8. The van der Waals surface area contributed by atoms with Crippen LogP contribution in [-0.4, -0.2) is 25.8 Å². The lowest BCUT2D eigenvalue weighted by atomic mass is 10.2. The minimum atomic E-state index is -1.11. The molecule has 6 nitrogen and oxygen atoms in total. The van der Waals surface area contributed by atoms with Gasteiger partial charge in [0.25, 0.3) is 0 Å². The van der Waals surface area contributed by atoms with Gasteiger partial charge in [0.1, 0.15) is 6.33 Å². The molecule has 0 saturated heterocycles. The van der Waals surface area contributed by atoms with Gasteiger partial charge < -0.3 is 5.11 Å². The second kappa shape index (κ2) is 3.93. The molecule has 0 fully saturated rings. The van der Waals surface area contributed by atoms with Gasteiger partial charge in [-0.15, -0.1) is 0 Å². The van der Waals surface area contributed by atoms with E-state index < -0.39 is 11.7 Å². The van der Waals surface area contributed by atoms with E-state index >= 15 is 0 Å². The van der Waals surface area contributed by atoms with Gasteiger partial charge in [0, 0.05) is 4.47 Å². The molecule has 2 aromatic rings. The lowest BCUT2D eigenvalue weighted by Crippen LogP contribution is -2.17. The van der Waals surface area contributed by atoms with E-state index in [0.29, 0.717) is 4.47 Å². The summed E-state index contributed by atoms with van der Waals surface area (Å²) in [6.07, 6.45) is 1.23. The third-order valence-corrected chi connectivity index (χ3v) is 2.65. The van der Waals surface area contributed by atoms with Gasteiger partial charge in [-0.1, -0.05) is 6.07 Å². The van der Waals surface area contributed by atoms with Crippen molar-refractivity contribution >= 4 is 21.9 Å². The number of carboxylic acid groups (broad SMARTS) is 1. The Balaban J connectivity index is 2.78. The fourth-order valence-electron chi connectivity index (χ4n) is 1.34. The van der Waals surface area contributed by atoms with Crippen molar-refractivity contribution < 1.29 is 9.90 Å². The standard InChI is InChI=1S/C9H6BrN3O3/c10-6-3-1-2-5(8(14)15)7(6)13-4-11-12-9(13)16/h1-4H,(H,12,16)(H,14,15). The zero-order chi connectivity index (χ0) is 11.7. The molecule has 0 saturated carbocycles. The van der Waals surface area contributed by atoms with Crippen LogP contribution in [0.1, 0.15) is 10.4 Å². The van der Waals surface area contributed by atoms with Crippen molar-refractivity contribution in [1.29, 1.82) is 0 Å². The van der Waals surface area contributed by atoms with E-state index in [1.807, 2.05) is 0 Å². The number of hydrogen-bond donors (Lipinski definition) is 2. The number of para-hydroxylation sites is 1. The number of aromatic carboxylic acids is 1. The van der Waals surface area contributed by atoms with E-state index in [-0.39, 0.29) is 11.3 Å². The molecule has 7 heteroatoms. The van der Waals surface area contributed by atoms with Crippen molar-refractivity contribution in [3.05, 3.63) is 45.0 Å². The highest BCUT2D eigenvalue weighted by Crippen LogP contribution is 2.23. The second-order valence-electron chi connectivity index (χ2n) is 2.97. The van der Waals surface area contributed by atoms with Crippen LogP contribution in [-0.2, 0) is 0 Å². The van der Waals surface area contributed by atoms with Crippen LogP contribution in [0.15, 0.2) is 33.8 Å². The Labute approximate surface area is 97.7 Å². The quantitative estimate of drug-likeness (QED) is 0.861. The Morgan fingerprint density at radius 1 is 1.50 bits per heavy atom. The van der Waals surface area contributed by atoms with E-state index in [0.717, 1.165) is 4.57 Å². The number of aromatic amines is 1. The average Bonchev–Trinajstić information content (AvgIpc) is 2.64. The zero-order valence-electron chi connectivity index (χ0n) is 7.85. The smallest absolute Gasteiger partial charge is 0.347 e. The first-order valence-corrected chi connectivity index (χ1v) is 5.05. The van der Waals surface area contributed by atoms with E-state index in [2.05, 4.69) is 26.1 Å². The Morgan fingerprint density at radius 2 is 2.25 bits per heavy atom. The van der Waals surface area contributed by atoms with Crippen LogP contribution in [0.2, 0.25) is 0 Å². The largest absolute Gasteiger partial charge is 0.478 e. The predicted molar refractivity (Wildman–Crippen MR) is 58.8 cm³/mol. The highest BCUT2D eigenvalue weighted by atomic mass is 79.9.